The van der Waals surface area contributed by atoms with E-state index in [1.807, 2.05) is 43.3 Å². The van der Waals surface area contributed by atoms with Gasteiger partial charge in [0.2, 0.25) is 0 Å². The molecule has 0 N–H and O–H groups in total. The van der Waals surface area contributed by atoms with Crippen LogP contribution in [0.2, 0.25) is 0 Å². The Morgan fingerprint density at radius 2 is 2.15 bits per heavy atom. The van der Waals surface area contributed by atoms with Crippen LogP contribution in [0.4, 0.5) is 0 Å². The van der Waals surface area contributed by atoms with E-state index in [-0.39, 0.29) is 0 Å². The fraction of sp³-hybridized carbons (Fsp3) is 0.0625. The van der Waals surface area contributed by atoms with Crippen molar-refractivity contribution in [3.63, 3.8) is 0 Å². The Kier molecular flexibility index (Phi) is 4.96. The molecule has 0 aromatic carbocycles. The molecule has 0 saturated carbocycles. The van der Waals surface area contributed by atoms with Gasteiger partial charge in [0, 0.05) is 16.9 Å². The SMILES string of the molecule is C=CC(=N/C=C\C)c1cc(Br)cc(-c2ccccn2)n1. The minimum absolute atomic E-state index is 0.724. The third-order valence-corrected chi connectivity index (χ3v) is 2.99. The van der Waals surface area contributed by atoms with Gasteiger partial charge in [-0.1, -0.05) is 34.7 Å². The van der Waals surface area contributed by atoms with Crippen LogP contribution >= 0.6 is 15.9 Å². The van der Waals surface area contributed by atoms with Gasteiger partial charge in [0.25, 0.3) is 0 Å². The van der Waals surface area contributed by atoms with Crippen LogP contribution in [0.1, 0.15) is 12.6 Å². The number of nitrogens with zero attached hydrogens (tertiary/aromatic N) is 3. The molecule has 20 heavy (non-hydrogen) atoms. The van der Waals surface area contributed by atoms with Crippen LogP contribution in [0.5, 0.6) is 0 Å². The molecular weight excluding hydrogens is 314 g/mol. The topological polar surface area (TPSA) is 38.1 Å². The zero-order valence-corrected chi connectivity index (χ0v) is 12.7. The number of pyridine rings is 2. The van der Waals surface area contributed by atoms with E-state index in [2.05, 4.69) is 37.5 Å². The maximum atomic E-state index is 4.60. The fourth-order valence-electron chi connectivity index (χ4n) is 1.65. The summed E-state index contributed by atoms with van der Waals surface area (Å²) in [6, 6.07) is 9.59. The highest BCUT2D eigenvalue weighted by Gasteiger charge is 2.07. The standard InChI is InChI=1S/C16H14BrN3/c1-3-8-18-13(4-2)15-10-12(17)11-16(20-15)14-7-5-6-9-19-14/h3-11H,2H2,1H3/b8-3-,18-13?. The maximum Gasteiger partial charge on any atom is 0.0905 e. The first kappa shape index (κ1) is 14.3. The number of hydrogen-bond acceptors (Lipinski definition) is 3. The predicted octanol–water partition coefficient (Wildman–Crippen LogP) is 4.41. The number of aromatic nitrogens is 2. The summed E-state index contributed by atoms with van der Waals surface area (Å²) in [5.41, 5.74) is 3.10. The molecule has 0 aliphatic carbocycles. The summed E-state index contributed by atoms with van der Waals surface area (Å²) in [6.45, 7) is 5.70. The molecule has 0 bridgehead atoms. The molecule has 2 aromatic heterocycles. The first-order valence-electron chi connectivity index (χ1n) is 6.15. The summed E-state index contributed by atoms with van der Waals surface area (Å²) in [4.78, 5) is 13.2. The lowest BCUT2D eigenvalue weighted by atomic mass is 10.2. The average molecular weight is 328 g/mol. The molecule has 2 rings (SSSR count). The first-order chi connectivity index (χ1) is 9.74. The van der Waals surface area contributed by atoms with Gasteiger partial charge in [0.15, 0.2) is 0 Å². The van der Waals surface area contributed by atoms with Gasteiger partial charge < -0.3 is 0 Å². The summed E-state index contributed by atoms with van der Waals surface area (Å²) in [7, 11) is 0. The number of rotatable bonds is 4. The Morgan fingerprint density at radius 3 is 2.80 bits per heavy atom. The second kappa shape index (κ2) is 6.91. The van der Waals surface area contributed by atoms with Crippen LogP contribution in [0.15, 0.2) is 70.9 Å². The Morgan fingerprint density at radius 1 is 1.30 bits per heavy atom. The van der Waals surface area contributed by atoms with Gasteiger partial charge in [-0.15, -0.1) is 0 Å². The number of hydrogen-bond donors (Lipinski definition) is 0. The van der Waals surface area contributed by atoms with E-state index in [9.17, 15) is 0 Å². The predicted molar refractivity (Wildman–Crippen MR) is 86.7 cm³/mol. The minimum atomic E-state index is 0.724. The molecule has 0 spiro atoms. The highest BCUT2D eigenvalue weighted by atomic mass is 79.9. The third kappa shape index (κ3) is 3.48. The normalized spacial score (nSPS) is 11.8. The lowest BCUT2D eigenvalue weighted by Gasteiger charge is -2.05. The molecule has 100 valence electrons. The summed E-state index contributed by atoms with van der Waals surface area (Å²) < 4.78 is 0.929. The van der Waals surface area contributed by atoms with Crippen LogP contribution in [0.25, 0.3) is 11.4 Å². The molecule has 3 nitrogen and oxygen atoms in total. The van der Waals surface area contributed by atoms with E-state index in [4.69, 9.17) is 0 Å². The molecular formula is C16H14BrN3. The van der Waals surface area contributed by atoms with Crippen LogP contribution < -0.4 is 0 Å². The Hall–Kier alpha value is -2.07. The average Bonchev–Trinajstić information content (AvgIpc) is 2.48. The lowest BCUT2D eigenvalue weighted by Crippen LogP contribution is -2.01. The van der Waals surface area contributed by atoms with Gasteiger partial charge in [0.1, 0.15) is 0 Å². The van der Waals surface area contributed by atoms with Crippen molar-refractivity contribution in [2.24, 2.45) is 4.99 Å². The van der Waals surface area contributed by atoms with Crippen molar-refractivity contribution in [1.29, 1.82) is 0 Å². The molecule has 0 radical (unpaired) electrons. The highest BCUT2D eigenvalue weighted by Crippen LogP contribution is 2.21. The zero-order valence-electron chi connectivity index (χ0n) is 11.1. The van der Waals surface area contributed by atoms with Gasteiger partial charge in [0.05, 0.1) is 22.8 Å². The molecule has 0 aliphatic heterocycles. The van der Waals surface area contributed by atoms with Gasteiger partial charge in [-0.25, -0.2) is 4.98 Å². The quantitative estimate of drug-likeness (QED) is 0.780. The Bertz CT molecular complexity index is 661. The van der Waals surface area contributed by atoms with Gasteiger partial charge in [-0.05, 0) is 37.3 Å². The molecule has 0 aliphatic rings. The molecule has 4 heteroatoms. The molecule has 0 fully saturated rings. The summed E-state index contributed by atoms with van der Waals surface area (Å²) in [5.74, 6) is 0. The van der Waals surface area contributed by atoms with Crippen molar-refractivity contribution >= 4 is 21.6 Å². The van der Waals surface area contributed by atoms with Gasteiger partial charge in [-0.3, -0.25) is 9.98 Å². The largest absolute Gasteiger partial charge is 0.255 e. The van der Waals surface area contributed by atoms with Crippen LogP contribution in [-0.4, -0.2) is 15.7 Å². The third-order valence-electron chi connectivity index (χ3n) is 2.54. The van der Waals surface area contributed by atoms with E-state index in [0.717, 1.165) is 27.3 Å². The number of aliphatic imine (C=N–C) groups is 1. The molecule has 2 heterocycles. The first-order valence-corrected chi connectivity index (χ1v) is 6.94. The second-order valence-electron chi connectivity index (χ2n) is 3.97. The summed E-state index contributed by atoms with van der Waals surface area (Å²) in [6.07, 6.45) is 7.03. The smallest absolute Gasteiger partial charge is 0.0905 e. The molecule has 0 unspecified atom stereocenters. The maximum absolute atomic E-state index is 4.60. The lowest BCUT2D eigenvalue weighted by molar-refractivity contribution is 1.22. The Labute approximate surface area is 127 Å². The summed E-state index contributed by atoms with van der Waals surface area (Å²) in [5, 5.41) is 0. The van der Waals surface area contributed by atoms with Crippen molar-refractivity contribution in [1.82, 2.24) is 9.97 Å². The highest BCUT2D eigenvalue weighted by molar-refractivity contribution is 9.10. The van der Waals surface area contributed by atoms with E-state index in [1.54, 1.807) is 18.5 Å². The van der Waals surface area contributed by atoms with E-state index in [1.165, 1.54) is 0 Å². The number of halogens is 1. The van der Waals surface area contributed by atoms with E-state index in [0.29, 0.717) is 0 Å². The molecule has 0 saturated heterocycles. The molecule has 0 amide bonds. The van der Waals surface area contributed by atoms with Gasteiger partial charge in [-0.2, -0.15) is 0 Å². The van der Waals surface area contributed by atoms with Crippen molar-refractivity contribution in [2.45, 2.75) is 6.92 Å². The molecule has 2 aromatic rings. The second-order valence-corrected chi connectivity index (χ2v) is 4.89. The van der Waals surface area contributed by atoms with Crippen LogP contribution in [-0.2, 0) is 0 Å². The Balaban J connectivity index is 2.51. The van der Waals surface area contributed by atoms with E-state index >= 15 is 0 Å². The van der Waals surface area contributed by atoms with Crippen molar-refractivity contribution < 1.29 is 0 Å². The summed E-state index contributed by atoms with van der Waals surface area (Å²) >= 11 is 3.50. The van der Waals surface area contributed by atoms with E-state index < -0.39 is 0 Å². The van der Waals surface area contributed by atoms with Gasteiger partial charge >= 0.3 is 0 Å². The van der Waals surface area contributed by atoms with Crippen molar-refractivity contribution in [3.05, 3.63) is 71.6 Å². The zero-order chi connectivity index (χ0) is 14.4. The van der Waals surface area contributed by atoms with Crippen LogP contribution in [0.3, 0.4) is 0 Å². The van der Waals surface area contributed by atoms with Crippen molar-refractivity contribution in [2.75, 3.05) is 0 Å². The minimum Gasteiger partial charge on any atom is -0.255 e. The number of allylic oxidation sites excluding steroid dienone is 2. The molecule has 0 atom stereocenters. The monoisotopic (exact) mass is 327 g/mol. The van der Waals surface area contributed by atoms with Crippen molar-refractivity contribution in [3.8, 4) is 11.4 Å². The van der Waals surface area contributed by atoms with Crippen LogP contribution in [0, 0.1) is 0 Å². The fourth-order valence-corrected chi connectivity index (χ4v) is 2.09.